The zero-order chi connectivity index (χ0) is 26.6. The number of amides is 2. The van der Waals surface area contributed by atoms with Gasteiger partial charge >= 0.3 is 12.1 Å². The lowest BCUT2D eigenvalue weighted by Crippen LogP contribution is -2.27. The largest absolute Gasteiger partial charge is 0.482 e. The molecule has 1 aromatic heterocycles. The van der Waals surface area contributed by atoms with Crippen LogP contribution in [0.1, 0.15) is 28.8 Å². The molecule has 1 saturated heterocycles. The van der Waals surface area contributed by atoms with Crippen LogP contribution in [-0.4, -0.2) is 63.0 Å². The van der Waals surface area contributed by atoms with Crippen LogP contribution in [-0.2, 0) is 20.8 Å². The van der Waals surface area contributed by atoms with Crippen LogP contribution in [0.15, 0.2) is 42.5 Å². The Morgan fingerprint density at radius 2 is 2.05 bits per heavy atom. The van der Waals surface area contributed by atoms with E-state index in [2.05, 4.69) is 15.6 Å². The Hall–Kier alpha value is -4.38. The molecule has 38 heavy (non-hydrogen) atoms. The third-order valence-corrected chi connectivity index (χ3v) is 6.51. The number of rotatable bonds is 9. The molecule has 198 valence electrons. The monoisotopic (exact) mass is 520 g/mol. The van der Waals surface area contributed by atoms with Gasteiger partial charge in [0.15, 0.2) is 6.61 Å². The number of nitrogens with one attached hydrogen (secondary N) is 2. The number of carbonyl (C=O) groups is 3. The van der Waals surface area contributed by atoms with Crippen LogP contribution in [0.5, 0.6) is 11.6 Å². The molecule has 0 spiro atoms. The smallest absolute Gasteiger partial charge is 0.414 e. The van der Waals surface area contributed by atoms with Crippen molar-refractivity contribution < 1.29 is 33.3 Å². The van der Waals surface area contributed by atoms with Crippen molar-refractivity contribution in [2.24, 2.45) is 0 Å². The fourth-order valence-corrected chi connectivity index (χ4v) is 4.60. The lowest BCUT2D eigenvalue weighted by molar-refractivity contribution is -0.118. The zero-order valence-corrected chi connectivity index (χ0v) is 21.1. The summed E-state index contributed by atoms with van der Waals surface area (Å²) >= 11 is 0. The summed E-state index contributed by atoms with van der Waals surface area (Å²) < 4.78 is 21.1. The van der Waals surface area contributed by atoms with E-state index in [-0.39, 0.29) is 18.6 Å². The molecule has 0 aliphatic carbocycles. The molecule has 5 rings (SSSR count). The second-order valence-corrected chi connectivity index (χ2v) is 8.97. The number of ether oxygens (including phenoxy) is 4. The topological polar surface area (TPSA) is 128 Å². The Morgan fingerprint density at radius 3 is 2.87 bits per heavy atom. The Bertz CT molecular complexity index is 1390. The maximum Gasteiger partial charge on any atom is 0.414 e. The Balaban J connectivity index is 1.16. The molecular weight excluding hydrogens is 492 g/mol. The van der Waals surface area contributed by atoms with E-state index < -0.39 is 12.1 Å². The van der Waals surface area contributed by atoms with E-state index in [1.54, 1.807) is 48.4 Å². The average molecular weight is 521 g/mol. The molecule has 11 heteroatoms. The van der Waals surface area contributed by atoms with E-state index >= 15 is 0 Å². The molecule has 2 N–H and O–H groups in total. The van der Waals surface area contributed by atoms with E-state index in [1.807, 2.05) is 6.07 Å². The summed E-state index contributed by atoms with van der Waals surface area (Å²) in [4.78, 5) is 42.4. The molecule has 3 aromatic rings. The Labute approximate surface area is 219 Å². The van der Waals surface area contributed by atoms with Gasteiger partial charge in [-0.2, -0.15) is 0 Å². The highest BCUT2D eigenvalue weighted by Crippen LogP contribution is 2.34. The number of fused-ring (bicyclic) bond motifs is 2. The summed E-state index contributed by atoms with van der Waals surface area (Å²) in [7, 11) is 2.90. The highest BCUT2D eigenvalue weighted by Gasteiger charge is 2.32. The van der Waals surface area contributed by atoms with Crippen molar-refractivity contribution in [1.82, 2.24) is 10.3 Å². The molecule has 0 unspecified atom stereocenters. The van der Waals surface area contributed by atoms with Crippen molar-refractivity contribution in [3.8, 4) is 11.6 Å². The van der Waals surface area contributed by atoms with Gasteiger partial charge in [-0.25, -0.2) is 14.6 Å². The van der Waals surface area contributed by atoms with Crippen LogP contribution in [0.4, 0.5) is 16.2 Å². The average Bonchev–Trinajstić information content (AvgIpc) is 3.31. The van der Waals surface area contributed by atoms with E-state index in [1.165, 1.54) is 7.11 Å². The number of methoxy groups -OCH3 is 2. The molecule has 1 fully saturated rings. The number of cyclic esters (lactones) is 1. The molecule has 2 aromatic carbocycles. The van der Waals surface area contributed by atoms with Crippen molar-refractivity contribution in [1.29, 1.82) is 0 Å². The molecule has 2 aliphatic rings. The first-order chi connectivity index (χ1) is 18.5. The van der Waals surface area contributed by atoms with Crippen LogP contribution in [0.3, 0.4) is 0 Å². The molecule has 1 atom stereocenters. The highest BCUT2D eigenvalue weighted by atomic mass is 16.6. The maximum absolute atomic E-state index is 12.5. The van der Waals surface area contributed by atoms with Gasteiger partial charge in [-0.1, -0.05) is 6.07 Å². The fourth-order valence-electron chi connectivity index (χ4n) is 4.60. The summed E-state index contributed by atoms with van der Waals surface area (Å²) in [6.45, 7) is 1.64. The van der Waals surface area contributed by atoms with E-state index in [4.69, 9.17) is 18.9 Å². The lowest BCUT2D eigenvalue weighted by Gasteiger charge is -2.20. The summed E-state index contributed by atoms with van der Waals surface area (Å²) in [6.07, 6.45) is 0.823. The number of aromatic nitrogens is 1. The first-order valence-electron chi connectivity index (χ1n) is 12.3. The molecule has 3 heterocycles. The van der Waals surface area contributed by atoms with Crippen LogP contribution < -0.4 is 25.0 Å². The minimum Gasteiger partial charge on any atom is -0.482 e. The maximum atomic E-state index is 12.5. The van der Waals surface area contributed by atoms with Crippen LogP contribution in [0.25, 0.3) is 10.9 Å². The Morgan fingerprint density at radius 1 is 1.18 bits per heavy atom. The SMILES string of the molecule is COC(=O)c1ccc(CNCCC[C@@H]2CN(c3ccc4c(c3)NC(=O)CO4)C(=O)O2)c2nc(OC)ccc12. The summed E-state index contributed by atoms with van der Waals surface area (Å²) in [5.41, 5.74) is 3.23. The van der Waals surface area contributed by atoms with Gasteiger partial charge in [0.25, 0.3) is 5.91 Å². The lowest BCUT2D eigenvalue weighted by atomic mass is 10.0. The molecule has 11 nitrogen and oxygen atoms in total. The molecule has 2 aliphatic heterocycles. The number of esters is 1. The number of nitrogens with zero attached hydrogens (tertiary/aromatic N) is 2. The molecule has 0 bridgehead atoms. The minimum absolute atomic E-state index is 0.0199. The fraction of sp³-hybridized carbons (Fsp3) is 0.333. The van der Waals surface area contributed by atoms with E-state index in [0.717, 1.165) is 12.0 Å². The third-order valence-electron chi connectivity index (χ3n) is 6.51. The highest BCUT2D eigenvalue weighted by molar-refractivity contribution is 6.04. The first-order valence-corrected chi connectivity index (χ1v) is 12.3. The van der Waals surface area contributed by atoms with Crippen molar-refractivity contribution in [3.05, 3.63) is 53.6 Å². The summed E-state index contributed by atoms with van der Waals surface area (Å²) in [5, 5.41) is 6.86. The summed E-state index contributed by atoms with van der Waals surface area (Å²) in [5.74, 6) is 0.383. The van der Waals surface area contributed by atoms with Gasteiger partial charge in [0.1, 0.15) is 11.9 Å². The van der Waals surface area contributed by atoms with Crippen molar-refractivity contribution in [3.63, 3.8) is 0 Å². The minimum atomic E-state index is -0.421. The van der Waals surface area contributed by atoms with Crippen molar-refractivity contribution in [2.75, 3.05) is 44.1 Å². The predicted molar refractivity (Wildman–Crippen MR) is 139 cm³/mol. The normalized spacial score (nSPS) is 16.5. The number of carbonyl (C=O) groups excluding carboxylic acids is 3. The third kappa shape index (κ3) is 5.18. The second kappa shape index (κ2) is 10.9. The number of hydrogen-bond acceptors (Lipinski definition) is 9. The van der Waals surface area contributed by atoms with Gasteiger partial charge in [-0.15, -0.1) is 0 Å². The van der Waals surface area contributed by atoms with Crippen molar-refractivity contribution in [2.45, 2.75) is 25.5 Å². The zero-order valence-electron chi connectivity index (χ0n) is 21.1. The molecule has 2 amide bonds. The molecule has 0 saturated carbocycles. The Kier molecular flexibility index (Phi) is 7.27. The van der Waals surface area contributed by atoms with Crippen LogP contribution in [0, 0.1) is 0 Å². The van der Waals surface area contributed by atoms with Gasteiger partial charge in [0.05, 0.1) is 37.5 Å². The quantitative estimate of drug-likeness (QED) is 0.323. The number of anilines is 2. The van der Waals surface area contributed by atoms with Gasteiger partial charge in [0, 0.05) is 23.7 Å². The number of pyridine rings is 1. The standard InChI is InChI=1S/C27H28N4O7/c1-35-24-10-8-19-20(26(33)36-2)7-5-16(25(19)30-24)13-28-11-3-4-18-14-31(27(34)38-18)17-6-9-22-21(12-17)29-23(32)15-37-22/h5-10,12,18,28H,3-4,11,13-15H2,1-2H3,(H,29,32)/t18-/m1/s1. The van der Waals surface area contributed by atoms with Crippen LogP contribution >= 0.6 is 0 Å². The summed E-state index contributed by atoms with van der Waals surface area (Å²) in [6, 6.07) is 12.4. The van der Waals surface area contributed by atoms with Gasteiger partial charge in [0.2, 0.25) is 5.88 Å². The van der Waals surface area contributed by atoms with E-state index in [0.29, 0.717) is 65.5 Å². The number of benzene rings is 2. The van der Waals surface area contributed by atoms with E-state index in [9.17, 15) is 14.4 Å². The predicted octanol–water partition coefficient (Wildman–Crippen LogP) is 3.26. The van der Waals surface area contributed by atoms with Gasteiger partial charge in [-0.3, -0.25) is 9.69 Å². The van der Waals surface area contributed by atoms with Crippen molar-refractivity contribution >= 4 is 40.2 Å². The second-order valence-electron chi connectivity index (χ2n) is 8.97. The van der Waals surface area contributed by atoms with Crippen LogP contribution in [0.2, 0.25) is 0 Å². The van der Waals surface area contributed by atoms with Gasteiger partial charge < -0.3 is 29.6 Å². The molecule has 0 radical (unpaired) electrons. The van der Waals surface area contributed by atoms with Gasteiger partial charge in [-0.05, 0) is 55.3 Å². The first kappa shape index (κ1) is 25.3. The number of hydrogen-bond donors (Lipinski definition) is 2. The molecular formula is C27H28N4O7.